The van der Waals surface area contributed by atoms with Crippen molar-refractivity contribution in [2.45, 2.75) is 0 Å². The maximum atomic E-state index is 12.1. The zero-order valence-corrected chi connectivity index (χ0v) is 16.2. The third-order valence-electron chi connectivity index (χ3n) is 4.31. The molecular weight excluding hydrogens is 388 g/mol. The quantitative estimate of drug-likeness (QED) is 0.510. The Labute approximate surface area is 169 Å². The van der Waals surface area contributed by atoms with Crippen LogP contribution in [0.15, 0.2) is 75.2 Å². The van der Waals surface area contributed by atoms with Gasteiger partial charge in [-0.2, -0.15) is 0 Å². The molecule has 4 aromatic rings. The van der Waals surface area contributed by atoms with E-state index in [0.29, 0.717) is 5.82 Å². The second kappa shape index (κ2) is 7.69. The van der Waals surface area contributed by atoms with Crippen LogP contribution in [0.25, 0.3) is 21.0 Å². The molecule has 0 spiro atoms. The first-order chi connectivity index (χ1) is 14.0. The van der Waals surface area contributed by atoms with Gasteiger partial charge in [-0.05, 0) is 5.56 Å². The lowest BCUT2D eigenvalue weighted by atomic mass is 10.2. The van der Waals surface area contributed by atoms with E-state index in [1.807, 2.05) is 60.7 Å². The summed E-state index contributed by atoms with van der Waals surface area (Å²) in [5, 5.41) is 10.9. The van der Waals surface area contributed by atoms with E-state index < -0.39 is 17.1 Å². The molecule has 2 N–H and O–H groups in total. The Kier molecular flexibility index (Phi) is 4.92. The van der Waals surface area contributed by atoms with E-state index in [1.165, 1.54) is 24.6 Å². The molecule has 0 bridgehead atoms. The van der Waals surface area contributed by atoms with Crippen LogP contribution in [0.5, 0.6) is 5.88 Å². The Balaban J connectivity index is 1.84. The lowest BCUT2D eigenvalue weighted by Gasteiger charge is -2.03. The minimum absolute atomic E-state index is 0.111. The van der Waals surface area contributed by atoms with Crippen molar-refractivity contribution in [1.82, 2.24) is 14.5 Å². The summed E-state index contributed by atoms with van der Waals surface area (Å²) in [5.41, 5.74) is 0.376. The smallest absolute Gasteiger partial charge is 0.330 e. The van der Waals surface area contributed by atoms with Crippen molar-refractivity contribution in [3.05, 3.63) is 87.1 Å². The highest BCUT2D eigenvalue weighted by Gasteiger charge is 2.15. The third kappa shape index (κ3) is 3.65. The molecule has 0 radical (unpaired) electrons. The summed E-state index contributed by atoms with van der Waals surface area (Å²) >= 11 is 1.49. The van der Waals surface area contributed by atoms with E-state index in [0.717, 1.165) is 25.6 Å². The summed E-state index contributed by atoms with van der Waals surface area (Å²) in [6, 6.07) is 19.4. The van der Waals surface area contributed by atoms with Crippen molar-refractivity contribution in [3.63, 3.8) is 0 Å². The molecule has 2 aromatic heterocycles. The monoisotopic (exact) mass is 404 g/mol. The van der Waals surface area contributed by atoms with E-state index in [1.54, 1.807) is 0 Å². The Morgan fingerprint density at radius 2 is 1.66 bits per heavy atom. The Morgan fingerprint density at radius 1 is 1.03 bits per heavy atom. The summed E-state index contributed by atoms with van der Waals surface area (Å²) < 4.78 is 0.942. The molecule has 29 heavy (non-hydrogen) atoms. The predicted octanol–water partition coefficient (Wildman–Crippen LogP) is 3.32. The number of nitrogens with zero attached hydrogens (tertiary/aromatic N) is 3. The number of H-pyrrole nitrogens is 1. The number of rotatable bonds is 4. The maximum absolute atomic E-state index is 12.1. The molecule has 2 aromatic carbocycles. The minimum atomic E-state index is -0.714. The number of aliphatic imine (C=N–C) groups is 1. The predicted molar refractivity (Wildman–Crippen MR) is 114 cm³/mol. The number of hydrogen-bond donors (Lipinski definition) is 2. The van der Waals surface area contributed by atoms with Gasteiger partial charge in [0.05, 0.1) is 4.88 Å². The van der Waals surface area contributed by atoms with Crippen molar-refractivity contribution >= 4 is 23.4 Å². The average Bonchev–Trinajstić information content (AvgIpc) is 3.17. The van der Waals surface area contributed by atoms with E-state index >= 15 is 0 Å². The van der Waals surface area contributed by atoms with Crippen LogP contribution >= 0.6 is 11.3 Å². The topological polar surface area (TPSA) is 100 Å². The molecule has 2 heterocycles. The van der Waals surface area contributed by atoms with E-state index in [2.05, 4.69) is 15.0 Å². The molecule has 7 nitrogen and oxygen atoms in total. The number of hydrogen-bond acceptors (Lipinski definition) is 6. The Morgan fingerprint density at radius 3 is 2.31 bits per heavy atom. The highest BCUT2D eigenvalue weighted by Crippen LogP contribution is 2.39. The number of aromatic nitrogens is 3. The molecule has 0 aliphatic carbocycles. The summed E-state index contributed by atoms with van der Waals surface area (Å²) in [5.74, 6) is -0.0324. The molecule has 0 amide bonds. The molecule has 0 aliphatic rings. The number of nitrogens with one attached hydrogen (secondary N) is 1. The van der Waals surface area contributed by atoms with Crippen molar-refractivity contribution in [1.29, 1.82) is 0 Å². The van der Waals surface area contributed by atoms with Crippen LogP contribution in [0.4, 0.5) is 5.82 Å². The lowest BCUT2D eigenvalue weighted by molar-refractivity contribution is 0.417. The molecular formula is C21H16N4O3S. The summed E-state index contributed by atoms with van der Waals surface area (Å²) in [6.45, 7) is 0. The molecule has 0 aliphatic heterocycles. The third-order valence-corrected chi connectivity index (χ3v) is 5.45. The first-order valence-corrected chi connectivity index (χ1v) is 9.54. The highest BCUT2D eigenvalue weighted by molar-refractivity contribution is 7.19. The number of thiazole rings is 1. The van der Waals surface area contributed by atoms with Gasteiger partial charge >= 0.3 is 5.69 Å². The molecule has 4 rings (SSSR count). The van der Waals surface area contributed by atoms with Gasteiger partial charge in [0.25, 0.3) is 5.56 Å². The van der Waals surface area contributed by atoms with Crippen molar-refractivity contribution in [2.24, 2.45) is 12.0 Å². The summed E-state index contributed by atoms with van der Waals surface area (Å²) in [4.78, 5) is 35.6. The normalized spacial score (nSPS) is 11.2. The zero-order valence-electron chi connectivity index (χ0n) is 15.4. The number of aromatic hydroxyl groups is 1. The van der Waals surface area contributed by atoms with Crippen LogP contribution in [-0.4, -0.2) is 25.9 Å². The van der Waals surface area contributed by atoms with Gasteiger partial charge in [-0.3, -0.25) is 14.3 Å². The van der Waals surface area contributed by atoms with Crippen LogP contribution in [0.1, 0.15) is 5.56 Å². The van der Waals surface area contributed by atoms with Crippen LogP contribution < -0.4 is 11.2 Å². The maximum Gasteiger partial charge on any atom is 0.330 e. The van der Waals surface area contributed by atoms with E-state index in [4.69, 9.17) is 0 Å². The second-order valence-corrected chi connectivity index (χ2v) is 7.22. The van der Waals surface area contributed by atoms with Gasteiger partial charge in [0, 0.05) is 18.8 Å². The van der Waals surface area contributed by atoms with Crippen molar-refractivity contribution in [3.8, 4) is 26.9 Å². The first kappa shape index (κ1) is 18.6. The average molecular weight is 404 g/mol. The second-order valence-electron chi connectivity index (χ2n) is 6.22. The SMILES string of the molecule is Cn1c(O)c(C=Nc2nc(-c3ccccc3)sc2-c2ccccc2)c(=O)[nH]c1=O. The van der Waals surface area contributed by atoms with Gasteiger partial charge in [0.1, 0.15) is 10.6 Å². The summed E-state index contributed by atoms with van der Waals surface area (Å²) in [7, 11) is 1.36. The van der Waals surface area contributed by atoms with Crippen molar-refractivity contribution < 1.29 is 5.11 Å². The first-order valence-electron chi connectivity index (χ1n) is 8.72. The molecule has 144 valence electrons. The van der Waals surface area contributed by atoms with Gasteiger partial charge in [-0.25, -0.2) is 14.8 Å². The van der Waals surface area contributed by atoms with Crippen LogP contribution in [0, 0.1) is 0 Å². The van der Waals surface area contributed by atoms with Crippen LogP contribution in [-0.2, 0) is 7.05 Å². The van der Waals surface area contributed by atoms with Gasteiger partial charge in [-0.15, -0.1) is 11.3 Å². The fraction of sp³-hybridized carbons (Fsp3) is 0.0476. The van der Waals surface area contributed by atoms with Crippen molar-refractivity contribution in [2.75, 3.05) is 0 Å². The molecule has 0 unspecified atom stereocenters. The van der Waals surface area contributed by atoms with Gasteiger partial charge in [0.15, 0.2) is 5.82 Å². The lowest BCUT2D eigenvalue weighted by Crippen LogP contribution is -2.30. The number of benzene rings is 2. The molecule has 0 saturated carbocycles. The molecule has 0 fully saturated rings. The van der Waals surface area contributed by atoms with Gasteiger partial charge < -0.3 is 5.11 Å². The summed E-state index contributed by atoms with van der Waals surface area (Å²) in [6.07, 6.45) is 1.23. The zero-order chi connectivity index (χ0) is 20.4. The Bertz CT molecular complexity index is 1310. The van der Waals surface area contributed by atoms with E-state index in [-0.39, 0.29) is 5.56 Å². The molecule has 0 saturated heterocycles. The minimum Gasteiger partial charge on any atom is -0.494 e. The standard InChI is InChI=1S/C21H16N4O3S/c1-25-20(27)15(18(26)24-21(25)28)12-22-17-16(13-8-4-2-5-9-13)29-19(23-17)14-10-6-3-7-11-14/h2-12,27H,1H3,(H,24,26,28). The fourth-order valence-electron chi connectivity index (χ4n) is 2.75. The fourth-order valence-corrected chi connectivity index (χ4v) is 3.77. The largest absolute Gasteiger partial charge is 0.494 e. The number of aromatic amines is 1. The van der Waals surface area contributed by atoms with E-state index in [9.17, 15) is 14.7 Å². The molecule has 0 atom stereocenters. The Hall–Kier alpha value is -3.78. The molecule has 8 heteroatoms. The van der Waals surface area contributed by atoms with Crippen LogP contribution in [0.3, 0.4) is 0 Å². The van der Waals surface area contributed by atoms with Crippen LogP contribution in [0.2, 0.25) is 0 Å². The van der Waals surface area contributed by atoms with Gasteiger partial charge in [0.2, 0.25) is 5.88 Å². The van der Waals surface area contributed by atoms with Gasteiger partial charge in [-0.1, -0.05) is 60.7 Å². The highest BCUT2D eigenvalue weighted by atomic mass is 32.1.